The third-order valence-electron chi connectivity index (χ3n) is 9.30. The number of amides is 1. The zero-order chi connectivity index (χ0) is 31.6. The average molecular weight is 630 g/mol. The van der Waals surface area contributed by atoms with E-state index in [0.717, 1.165) is 71.8 Å². The first-order valence-electron chi connectivity index (χ1n) is 15.9. The van der Waals surface area contributed by atoms with Gasteiger partial charge in [0.15, 0.2) is 0 Å². The minimum atomic E-state index is -4.27. The van der Waals surface area contributed by atoms with E-state index in [4.69, 9.17) is 0 Å². The molecule has 1 aromatic heterocycles. The zero-order valence-corrected chi connectivity index (χ0v) is 26.5. The molecule has 4 aromatic rings. The Morgan fingerprint density at radius 1 is 0.889 bits per heavy atom. The van der Waals surface area contributed by atoms with E-state index in [9.17, 15) is 23.1 Å². The van der Waals surface area contributed by atoms with Crippen molar-refractivity contribution in [3.05, 3.63) is 83.9 Å². The molecule has 3 aromatic carbocycles. The first-order valence-corrected chi connectivity index (χ1v) is 17.3. The van der Waals surface area contributed by atoms with E-state index in [1.54, 1.807) is 12.1 Å². The average Bonchev–Trinajstić information content (AvgIpc) is 3.63. The van der Waals surface area contributed by atoms with Crippen LogP contribution in [0.3, 0.4) is 0 Å². The van der Waals surface area contributed by atoms with Gasteiger partial charge in [-0.2, -0.15) is 4.57 Å². The molecule has 2 fully saturated rings. The van der Waals surface area contributed by atoms with E-state index in [-0.39, 0.29) is 24.3 Å². The van der Waals surface area contributed by atoms with Crippen molar-refractivity contribution in [1.29, 1.82) is 0 Å². The van der Waals surface area contributed by atoms with Crippen LogP contribution in [0.15, 0.2) is 77.7 Å². The largest absolute Gasteiger partial charge is 0.481 e. The molecule has 2 atom stereocenters. The number of benzene rings is 3. The molecule has 0 bridgehead atoms. The number of carboxylic acids is 1. The molecule has 0 saturated carbocycles. The van der Waals surface area contributed by atoms with Crippen LogP contribution in [-0.4, -0.2) is 73.9 Å². The molecule has 45 heavy (non-hydrogen) atoms. The molecule has 2 aliphatic rings. The maximum atomic E-state index is 14.5. The minimum absolute atomic E-state index is 0.00386. The van der Waals surface area contributed by atoms with E-state index in [1.165, 1.54) is 25.2 Å². The van der Waals surface area contributed by atoms with Crippen LogP contribution < -0.4 is 9.88 Å². The number of aromatic nitrogens is 1. The number of unbranched alkanes of at least 4 members (excludes halogenated alkanes) is 1. The normalized spacial score (nSPS) is 18.4. The maximum absolute atomic E-state index is 14.5. The van der Waals surface area contributed by atoms with Gasteiger partial charge in [-0.05, 0) is 75.5 Å². The van der Waals surface area contributed by atoms with Crippen molar-refractivity contribution in [3.63, 3.8) is 0 Å². The van der Waals surface area contributed by atoms with Crippen LogP contribution in [0.25, 0.3) is 21.8 Å². The number of nitrogens with zero attached hydrogens (tertiary/aromatic N) is 3. The van der Waals surface area contributed by atoms with Crippen molar-refractivity contribution in [2.75, 3.05) is 39.3 Å². The smallest absolute Gasteiger partial charge is 0.303 e. The number of rotatable bonds is 12. The van der Waals surface area contributed by atoms with Crippen molar-refractivity contribution in [2.45, 2.75) is 44.0 Å². The Balaban J connectivity index is 1.34. The number of fused-ring (bicyclic) bond motifs is 3. The van der Waals surface area contributed by atoms with Gasteiger partial charge < -0.3 is 15.3 Å². The van der Waals surface area contributed by atoms with E-state index in [1.807, 2.05) is 55.5 Å². The van der Waals surface area contributed by atoms with Crippen molar-refractivity contribution >= 4 is 43.7 Å². The van der Waals surface area contributed by atoms with Gasteiger partial charge in [-0.25, -0.2) is 12.7 Å². The SMILES string of the molecule is Cc1ccc(S(=O)(=O)N(CCCC(=O)O)C(=O)c2c3ccccc3[n+](CCCCN3C[C@H]4CNC[C@H]4C3)c3ccccc23)cc1. The van der Waals surface area contributed by atoms with Crippen molar-refractivity contribution < 1.29 is 27.7 Å². The van der Waals surface area contributed by atoms with Crippen molar-refractivity contribution in [2.24, 2.45) is 11.8 Å². The second-order valence-corrected chi connectivity index (χ2v) is 14.3. The number of carboxylic acid groups (broad SMARTS) is 1. The number of carbonyl (C=O) groups is 2. The summed E-state index contributed by atoms with van der Waals surface area (Å²) in [6, 6.07) is 21.7. The Bertz CT molecular complexity index is 1760. The van der Waals surface area contributed by atoms with Gasteiger partial charge in [0.1, 0.15) is 6.54 Å². The van der Waals surface area contributed by atoms with Gasteiger partial charge in [0, 0.05) is 44.6 Å². The van der Waals surface area contributed by atoms with Gasteiger partial charge >= 0.3 is 5.97 Å². The first-order chi connectivity index (χ1) is 21.7. The fourth-order valence-electron chi connectivity index (χ4n) is 6.99. The Labute approximate surface area is 264 Å². The molecule has 10 heteroatoms. The summed E-state index contributed by atoms with van der Waals surface area (Å²) in [5.74, 6) is -0.155. The number of likely N-dealkylation sites (tertiary alicyclic amines) is 1. The Morgan fingerprint density at radius 2 is 1.49 bits per heavy atom. The third kappa shape index (κ3) is 6.45. The van der Waals surface area contributed by atoms with Crippen LogP contribution in [0.2, 0.25) is 0 Å². The zero-order valence-electron chi connectivity index (χ0n) is 25.7. The van der Waals surface area contributed by atoms with E-state index in [2.05, 4.69) is 14.8 Å². The molecule has 236 valence electrons. The van der Waals surface area contributed by atoms with E-state index >= 15 is 0 Å². The summed E-state index contributed by atoms with van der Waals surface area (Å²) in [5, 5.41) is 14.1. The molecule has 2 saturated heterocycles. The summed E-state index contributed by atoms with van der Waals surface area (Å²) >= 11 is 0. The van der Waals surface area contributed by atoms with Gasteiger partial charge in [0.25, 0.3) is 15.9 Å². The Hall–Kier alpha value is -3.86. The van der Waals surface area contributed by atoms with E-state index < -0.39 is 21.9 Å². The van der Waals surface area contributed by atoms with Gasteiger partial charge in [-0.15, -0.1) is 0 Å². The second-order valence-electron chi connectivity index (χ2n) is 12.4. The predicted octanol–water partition coefficient (Wildman–Crippen LogP) is 4.22. The summed E-state index contributed by atoms with van der Waals surface area (Å²) < 4.78 is 31.0. The lowest BCUT2D eigenvalue weighted by molar-refractivity contribution is -0.645. The highest BCUT2D eigenvalue weighted by Crippen LogP contribution is 2.30. The number of sulfonamides is 1. The first kappa shape index (κ1) is 31.1. The summed E-state index contributed by atoms with van der Waals surface area (Å²) in [7, 11) is -4.27. The van der Waals surface area contributed by atoms with Crippen LogP contribution in [0, 0.1) is 18.8 Å². The molecule has 0 aliphatic carbocycles. The summed E-state index contributed by atoms with van der Waals surface area (Å²) in [4.78, 5) is 28.4. The number of para-hydroxylation sites is 2. The highest BCUT2D eigenvalue weighted by atomic mass is 32.2. The second kappa shape index (κ2) is 13.2. The topological polar surface area (TPSA) is 111 Å². The molecule has 2 aliphatic heterocycles. The number of nitrogens with one attached hydrogen (secondary N) is 1. The van der Waals surface area contributed by atoms with E-state index in [0.29, 0.717) is 16.3 Å². The minimum Gasteiger partial charge on any atom is -0.481 e. The summed E-state index contributed by atoms with van der Waals surface area (Å²) in [6.07, 6.45) is 1.79. The number of aryl methyl sites for hydroxylation is 2. The monoisotopic (exact) mass is 629 g/mol. The summed E-state index contributed by atoms with van der Waals surface area (Å²) in [6.45, 7) is 8.05. The van der Waals surface area contributed by atoms with Gasteiger partial charge in [-0.1, -0.05) is 42.0 Å². The molecule has 2 N–H and O–H groups in total. The van der Waals surface area contributed by atoms with Crippen LogP contribution in [0.4, 0.5) is 0 Å². The fraction of sp³-hybridized carbons (Fsp3) is 0.400. The standard InChI is InChI=1S/C35H40N4O5S/c1-25-14-16-28(17-15-25)45(43,44)39(20-8-13-33(40)41)35(42)34-29-9-2-4-11-31(29)38(32-12-5-3-10-30(32)34)19-7-6-18-37-23-26-21-36-22-27(26)24-37/h2-5,9-12,14-17,26-27,36H,6-8,13,18-24H2,1H3/p+1/t26-,27+. The maximum Gasteiger partial charge on any atom is 0.303 e. The number of hydrogen-bond donors (Lipinski definition) is 2. The Morgan fingerprint density at radius 3 is 2.09 bits per heavy atom. The molecule has 0 spiro atoms. The molecular weight excluding hydrogens is 588 g/mol. The molecular formula is C35H41N4O5S+. The lowest BCUT2D eigenvalue weighted by atomic mass is 10.0. The van der Waals surface area contributed by atoms with Crippen LogP contribution >= 0.6 is 0 Å². The van der Waals surface area contributed by atoms with Crippen LogP contribution in [-0.2, 0) is 21.4 Å². The number of aliphatic carboxylic acids is 1. The number of pyridine rings is 1. The highest BCUT2D eigenvalue weighted by Gasteiger charge is 2.36. The lowest BCUT2D eigenvalue weighted by Crippen LogP contribution is -2.40. The molecule has 0 radical (unpaired) electrons. The number of carbonyl (C=O) groups excluding carboxylic acids is 1. The van der Waals surface area contributed by atoms with Crippen LogP contribution in [0.1, 0.15) is 41.6 Å². The predicted molar refractivity (Wildman–Crippen MR) is 173 cm³/mol. The fourth-order valence-corrected chi connectivity index (χ4v) is 8.41. The molecule has 3 heterocycles. The lowest BCUT2D eigenvalue weighted by Gasteiger charge is -2.24. The highest BCUT2D eigenvalue weighted by molar-refractivity contribution is 7.89. The third-order valence-corrected chi connectivity index (χ3v) is 11.1. The van der Waals surface area contributed by atoms with Gasteiger partial charge in [0.2, 0.25) is 11.0 Å². The molecule has 1 amide bonds. The Kier molecular flexibility index (Phi) is 9.16. The molecule has 6 rings (SSSR count). The van der Waals surface area contributed by atoms with Gasteiger partial charge in [0.05, 0.1) is 21.2 Å². The molecule has 9 nitrogen and oxygen atoms in total. The van der Waals surface area contributed by atoms with Crippen molar-refractivity contribution in [3.8, 4) is 0 Å². The summed E-state index contributed by atoms with van der Waals surface area (Å²) in [5.41, 5.74) is 2.92. The number of hydrogen-bond acceptors (Lipinski definition) is 6. The van der Waals surface area contributed by atoms with Gasteiger partial charge in [-0.3, -0.25) is 9.59 Å². The quantitative estimate of drug-likeness (QED) is 0.137. The molecule has 0 unspecified atom stereocenters. The van der Waals surface area contributed by atoms with Crippen LogP contribution in [0.5, 0.6) is 0 Å². The van der Waals surface area contributed by atoms with Crippen molar-refractivity contribution in [1.82, 2.24) is 14.5 Å².